The molecule has 0 aromatic rings. The van der Waals surface area contributed by atoms with Gasteiger partial charge < -0.3 is 9.66 Å². The number of nitrogens with one attached hydrogen (secondary N) is 1. The summed E-state index contributed by atoms with van der Waals surface area (Å²) in [7, 11) is 0. The van der Waals surface area contributed by atoms with Crippen molar-refractivity contribution in [3.05, 3.63) is 0 Å². The Bertz CT molecular complexity index is 321. The molecule has 3 saturated carbocycles. The van der Waals surface area contributed by atoms with Crippen LogP contribution in [0.2, 0.25) is 0 Å². The van der Waals surface area contributed by atoms with Crippen molar-refractivity contribution in [2.75, 3.05) is 0 Å². The van der Waals surface area contributed by atoms with Crippen LogP contribution in [0.4, 0.5) is 0 Å². The molecule has 0 aliphatic heterocycles. The Labute approximate surface area is 112 Å². The van der Waals surface area contributed by atoms with E-state index in [2.05, 4.69) is 4.72 Å². The minimum atomic E-state index is -1.19. The molecule has 4 nitrogen and oxygen atoms in total. The third kappa shape index (κ3) is 2.68. The molecule has 18 heavy (non-hydrogen) atoms. The fourth-order valence-electron chi connectivity index (χ4n) is 3.27. The van der Waals surface area contributed by atoms with Gasteiger partial charge in [-0.15, -0.1) is 4.72 Å². The first-order valence-corrected chi connectivity index (χ1v) is 7.86. The second-order valence-electron chi connectivity index (χ2n) is 6.56. The van der Waals surface area contributed by atoms with Gasteiger partial charge in [0.15, 0.2) is 0 Å². The van der Waals surface area contributed by atoms with Crippen molar-refractivity contribution in [1.82, 2.24) is 4.72 Å². The Balaban J connectivity index is 2.11. The molecule has 3 fully saturated rings. The van der Waals surface area contributed by atoms with E-state index in [1.165, 1.54) is 0 Å². The van der Waals surface area contributed by atoms with Crippen LogP contribution in [0.1, 0.15) is 46.5 Å². The van der Waals surface area contributed by atoms with Gasteiger partial charge in [0.25, 0.3) is 0 Å². The van der Waals surface area contributed by atoms with Crippen LogP contribution in [0.25, 0.3) is 0 Å². The lowest BCUT2D eigenvalue weighted by molar-refractivity contribution is -0.149. The molecule has 3 rings (SSSR count). The number of carboxylic acid groups (broad SMARTS) is 1. The van der Waals surface area contributed by atoms with Gasteiger partial charge in [-0.2, -0.15) is 0 Å². The van der Waals surface area contributed by atoms with Crippen LogP contribution in [0.3, 0.4) is 0 Å². The number of hydrogen-bond acceptors (Lipinski definition) is 3. The van der Waals surface area contributed by atoms with E-state index < -0.39 is 17.3 Å². The predicted molar refractivity (Wildman–Crippen MR) is 71.4 cm³/mol. The van der Waals surface area contributed by atoms with Gasteiger partial charge >= 0.3 is 5.97 Å². The van der Waals surface area contributed by atoms with Gasteiger partial charge in [0.2, 0.25) is 0 Å². The molecule has 0 aromatic heterocycles. The summed E-state index contributed by atoms with van der Waals surface area (Å²) in [6.45, 7) is 5.73. The second-order valence-corrected chi connectivity index (χ2v) is 8.56. The average Bonchev–Trinajstić information content (AvgIpc) is 2.28. The third-order valence-corrected chi connectivity index (χ3v) is 5.90. The Morgan fingerprint density at radius 3 is 2.17 bits per heavy atom. The third-order valence-electron chi connectivity index (χ3n) is 4.30. The van der Waals surface area contributed by atoms with E-state index in [4.69, 9.17) is 0 Å². The van der Waals surface area contributed by atoms with Crippen LogP contribution in [-0.2, 0) is 16.2 Å². The highest BCUT2D eigenvalue weighted by Gasteiger charge is 2.49. The van der Waals surface area contributed by atoms with E-state index in [1.54, 1.807) is 0 Å². The van der Waals surface area contributed by atoms with Gasteiger partial charge in [-0.25, -0.2) is 0 Å². The van der Waals surface area contributed by atoms with Gasteiger partial charge in [0.05, 0.1) is 12.0 Å². The summed E-state index contributed by atoms with van der Waals surface area (Å²) < 4.78 is 14.9. The second kappa shape index (κ2) is 5.02. The Morgan fingerprint density at radius 2 is 1.72 bits per heavy atom. The molecule has 0 radical (unpaired) electrons. The van der Waals surface area contributed by atoms with Crippen LogP contribution in [-0.4, -0.2) is 26.4 Å². The first kappa shape index (κ1) is 14.2. The van der Waals surface area contributed by atoms with Gasteiger partial charge in [0.1, 0.15) is 4.75 Å². The van der Waals surface area contributed by atoms with Crippen molar-refractivity contribution in [1.29, 1.82) is 0 Å². The number of fused-ring (bicyclic) bond motifs is 3. The Hall–Kier alpha value is -0.260. The molecule has 0 spiro atoms. The number of hydrogen-bond donors (Lipinski definition) is 2. The van der Waals surface area contributed by atoms with E-state index in [1.807, 2.05) is 20.8 Å². The van der Waals surface area contributed by atoms with E-state index in [9.17, 15) is 14.5 Å². The first-order chi connectivity index (χ1) is 8.30. The predicted octanol–water partition coefficient (Wildman–Crippen LogP) is 1.93. The van der Waals surface area contributed by atoms with Crippen LogP contribution < -0.4 is 4.72 Å². The van der Waals surface area contributed by atoms with Gasteiger partial charge in [-0.3, -0.25) is 4.79 Å². The van der Waals surface area contributed by atoms with Crippen LogP contribution in [0.15, 0.2) is 0 Å². The van der Waals surface area contributed by atoms with Crippen molar-refractivity contribution in [3.8, 4) is 0 Å². The highest BCUT2D eigenvalue weighted by molar-refractivity contribution is 7.90. The van der Waals surface area contributed by atoms with Crippen LogP contribution >= 0.6 is 0 Å². The summed E-state index contributed by atoms with van der Waals surface area (Å²) in [6.07, 6.45) is 4.19. The van der Waals surface area contributed by atoms with Crippen molar-refractivity contribution in [2.24, 2.45) is 17.8 Å². The topological polar surface area (TPSA) is 72.4 Å². The maximum Gasteiger partial charge on any atom is 0.308 e. The summed E-state index contributed by atoms with van der Waals surface area (Å²) in [5, 5.41) is 9.41. The molecular formula is C13H23NO3S. The molecule has 3 aliphatic rings. The maximum atomic E-state index is 12.2. The molecule has 5 heteroatoms. The van der Waals surface area contributed by atoms with Crippen molar-refractivity contribution >= 4 is 17.3 Å². The fourth-order valence-corrected chi connectivity index (χ4v) is 4.21. The van der Waals surface area contributed by atoms with Gasteiger partial charge in [-0.05, 0) is 58.3 Å². The maximum absolute atomic E-state index is 12.2. The molecule has 104 valence electrons. The van der Waals surface area contributed by atoms with Crippen LogP contribution in [0.5, 0.6) is 0 Å². The molecule has 0 aromatic carbocycles. The SMILES string of the molecule is CC(C)(C)[S+]([O-])N[C@H]1C2CCC(CC2)[C@@H]1C(=O)O. The molecule has 3 atom stereocenters. The van der Waals surface area contributed by atoms with E-state index in [-0.39, 0.29) is 22.6 Å². The zero-order valence-electron chi connectivity index (χ0n) is 11.3. The minimum Gasteiger partial charge on any atom is -0.598 e. The number of carboxylic acids is 1. The molecule has 0 heterocycles. The molecule has 0 saturated heterocycles. The fraction of sp³-hybridized carbons (Fsp3) is 0.923. The summed E-state index contributed by atoms with van der Waals surface area (Å²) in [4.78, 5) is 11.4. The lowest BCUT2D eigenvalue weighted by atomic mass is 9.62. The highest BCUT2D eigenvalue weighted by atomic mass is 32.2. The van der Waals surface area contributed by atoms with Crippen molar-refractivity contribution in [3.63, 3.8) is 0 Å². The van der Waals surface area contributed by atoms with Gasteiger partial charge in [-0.1, -0.05) is 0 Å². The number of carbonyl (C=O) groups is 1. The zero-order chi connectivity index (χ0) is 13.5. The monoisotopic (exact) mass is 273 g/mol. The molecule has 2 N–H and O–H groups in total. The lowest BCUT2D eigenvalue weighted by Crippen LogP contribution is -2.58. The summed E-state index contributed by atoms with van der Waals surface area (Å²) >= 11 is -1.19. The zero-order valence-corrected chi connectivity index (χ0v) is 12.1. The molecule has 3 aliphatic carbocycles. The molecular weight excluding hydrogens is 250 g/mol. The normalized spacial score (nSPS) is 37.6. The Morgan fingerprint density at radius 1 is 1.22 bits per heavy atom. The molecule has 0 amide bonds. The van der Waals surface area contributed by atoms with E-state index in [0.717, 1.165) is 25.7 Å². The van der Waals surface area contributed by atoms with Crippen LogP contribution in [0, 0.1) is 17.8 Å². The average molecular weight is 273 g/mol. The number of aliphatic carboxylic acids is 1. The standard InChI is InChI=1S/C13H23NO3S/c1-13(2,3)18(17)14-11-9-6-4-8(5-7-9)10(11)12(15)16/h8-11,14H,4-7H2,1-3H3,(H,15,16)/t8?,9?,10-,11-,18?/m0/s1. The minimum absolute atomic E-state index is 0.116. The summed E-state index contributed by atoms with van der Waals surface area (Å²) in [5.74, 6) is -0.444. The quantitative estimate of drug-likeness (QED) is 0.771. The lowest BCUT2D eigenvalue weighted by Gasteiger charge is -2.47. The highest BCUT2D eigenvalue weighted by Crippen LogP contribution is 2.45. The number of rotatable bonds is 3. The molecule has 2 bridgehead atoms. The summed E-state index contributed by atoms with van der Waals surface area (Å²) in [6, 6.07) is -0.116. The smallest absolute Gasteiger partial charge is 0.308 e. The Kier molecular flexibility index (Phi) is 3.95. The largest absolute Gasteiger partial charge is 0.598 e. The van der Waals surface area contributed by atoms with E-state index >= 15 is 0 Å². The van der Waals surface area contributed by atoms with E-state index in [0.29, 0.717) is 5.92 Å². The molecule has 1 unspecified atom stereocenters. The van der Waals surface area contributed by atoms with Gasteiger partial charge in [0, 0.05) is 11.4 Å². The van der Waals surface area contributed by atoms with Crippen molar-refractivity contribution in [2.45, 2.75) is 57.2 Å². The summed E-state index contributed by atoms with van der Waals surface area (Å²) in [5.41, 5.74) is 0. The van der Waals surface area contributed by atoms with Crippen molar-refractivity contribution < 1.29 is 14.5 Å². The first-order valence-electron chi connectivity index (χ1n) is 6.71.